The molecule has 2 aromatic carbocycles. The zero-order valence-electron chi connectivity index (χ0n) is 16.0. The van der Waals surface area contributed by atoms with E-state index in [4.69, 9.17) is 5.73 Å². The maximum absolute atomic E-state index is 12.2. The molecule has 2 rings (SSSR count). The Balaban J connectivity index is 1.89. The van der Waals surface area contributed by atoms with Crippen molar-refractivity contribution in [3.8, 4) is 0 Å². The number of hydrogen-bond donors (Lipinski definition) is 4. The lowest BCUT2D eigenvalue weighted by Crippen LogP contribution is -2.23. The van der Waals surface area contributed by atoms with E-state index in [2.05, 4.69) is 22.9 Å². The number of anilines is 3. The van der Waals surface area contributed by atoms with E-state index in [-0.39, 0.29) is 18.4 Å². The summed E-state index contributed by atoms with van der Waals surface area (Å²) in [6.07, 6.45) is 3.42. The Morgan fingerprint density at radius 2 is 1.57 bits per heavy atom. The summed E-state index contributed by atoms with van der Waals surface area (Å²) >= 11 is 0. The molecule has 5 N–H and O–H groups in total. The second-order valence-corrected chi connectivity index (χ2v) is 6.40. The molecule has 7 heteroatoms. The monoisotopic (exact) mass is 382 g/mol. The smallest absolute Gasteiger partial charge is 0.250 e. The van der Waals surface area contributed by atoms with Gasteiger partial charge >= 0.3 is 0 Å². The summed E-state index contributed by atoms with van der Waals surface area (Å²) in [5.41, 5.74) is 7.35. The van der Waals surface area contributed by atoms with Gasteiger partial charge in [-0.3, -0.25) is 14.4 Å². The average molecular weight is 382 g/mol. The van der Waals surface area contributed by atoms with Crippen LogP contribution in [0.1, 0.15) is 43.0 Å². The Morgan fingerprint density at radius 1 is 0.893 bits per heavy atom. The highest BCUT2D eigenvalue weighted by Gasteiger charge is 2.09. The number of benzene rings is 2. The maximum atomic E-state index is 12.2. The molecule has 7 nitrogen and oxygen atoms in total. The quantitative estimate of drug-likeness (QED) is 0.472. The Hall–Kier alpha value is -3.35. The molecule has 0 aliphatic heterocycles. The first-order valence-electron chi connectivity index (χ1n) is 9.32. The van der Waals surface area contributed by atoms with Crippen LogP contribution >= 0.6 is 0 Å². The number of rotatable bonds is 10. The molecule has 0 bridgehead atoms. The third kappa shape index (κ3) is 6.75. The van der Waals surface area contributed by atoms with Gasteiger partial charge in [0.25, 0.3) is 5.91 Å². The summed E-state index contributed by atoms with van der Waals surface area (Å²) in [4.78, 5) is 35.5. The Morgan fingerprint density at radius 3 is 2.25 bits per heavy atom. The lowest BCUT2D eigenvalue weighted by atomic mass is 10.1. The van der Waals surface area contributed by atoms with Crippen molar-refractivity contribution in [3.63, 3.8) is 0 Å². The van der Waals surface area contributed by atoms with Gasteiger partial charge in [-0.1, -0.05) is 38.0 Å². The predicted octanol–water partition coefficient (Wildman–Crippen LogP) is 3.35. The molecule has 3 amide bonds. The minimum atomic E-state index is -0.564. The zero-order valence-corrected chi connectivity index (χ0v) is 16.0. The van der Waals surface area contributed by atoms with Crippen LogP contribution in [0.4, 0.5) is 17.1 Å². The van der Waals surface area contributed by atoms with Crippen LogP contribution in [-0.4, -0.2) is 24.3 Å². The molecule has 0 aromatic heterocycles. The molecule has 0 aliphatic carbocycles. The molecule has 0 saturated heterocycles. The molecule has 0 aliphatic rings. The summed E-state index contributed by atoms with van der Waals surface area (Å²) in [5.74, 6) is -0.891. The van der Waals surface area contributed by atoms with Gasteiger partial charge in [0.15, 0.2) is 0 Å². The highest BCUT2D eigenvalue weighted by atomic mass is 16.2. The molecule has 0 spiro atoms. The number of primary amides is 1. The van der Waals surface area contributed by atoms with E-state index in [1.54, 1.807) is 48.5 Å². The standard InChI is InChI=1S/C21H26N4O3/c1-2-3-4-12-19(26)24-15-8-7-9-16(13-15)25-20(27)14-23-18-11-6-5-10-17(18)21(22)28/h5-11,13,23H,2-4,12,14H2,1H3,(H2,22,28)(H,24,26)(H,25,27). The molecule has 0 radical (unpaired) electrons. The molecule has 148 valence electrons. The number of para-hydroxylation sites is 1. The lowest BCUT2D eigenvalue weighted by Gasteiger charge is -2.11. The van der Waals surface area contributed by atoms with E-state index in [1.807, 2.05) is 0 Å². The van der Waals surface area contributed by atoms with Gasteiger partial charge in [-0.25, -0.2) is 0 Å². The number of nitrogens with one attached hydrogen (secondary N) is 3. The molecular formula is C21H26N4O3. The van der Waals surface area contributed by atoms with Crippen LogP contribution in [0.25, 0.3) is 0 Å². The van der Waals surface area contributed by atoms with Crippen molar-refractivity contribution in [3.05, 3.63) is 54.1 Å². The normalized spacial score (nSPS) is 10.2. The first kappa shape index (κ1) is 21.0. The van der Waals surface area contributed by atoms with Crippen molar-refractivity contribution >= 4 is 34.8 Å². The SMILES string of the molecule is CCCCCC(=O)Nc1cccc(NC(=O)CNc2ccccc2C(N)=O)c1. The molecule has 2 aromatic rings. The van der Waals surface area contributed by atoms with Crippen molar-refractivity contribution in [1.29, 1.82) is 0 Å². The highest BCUT2D eigenvalue weighted by molar-refractivity contribution is 6.00. The maximum Gasteiger partial charge on any atom is 0.250 e. The van der Waals surface area contributed by atoms with E-state index in [9.17, 15) is 14.4 Å². The molecule has 0 unspecified atom stereocenters. The number of nitrogens with two attached hydrogens (primary N) is 1. The zero-order chi connectivity index (χ0) is 20.4. The van der Waals surface area contributed by atoms with Crippen LogP contribution in [0, 0.1) is 0 Å². The summed E-state index contributed by atoms with van der Waals surface area (Å²) in [6.45, 7) is 2.06. The topological polar surface area (TPSA) is 113 Å². The van der Waals surface area contributed by atoms with Gasteiger partial charge in [0, 0.05) is 23.5 Å². The van der Waals surface area contributed by atoms with E-state index in [0.29, 0.717) is 29.0 Å². The van der Waals surface area contributed by atoms with Crippen molar-refractivity contribution in [2.75, 3.05) is 22.5 Å². The van der Waals surface area contributed by atoms with E-state index in [0.717, 1.165) is 19.3 Å². The van der Waals surface area contributed by atoms with Gasteiger partial charge in [-0.15, -0.1) is 0 Å². The van der Waals surface area contributed by atoms with Gasteiger partial charge in [0.2, 0.25) is 11.8 Å². The number of carbonyl (C=O) groups is 3. The van der Waals surface area contributed by atoms with Crippen LogP contribution < -0.4 is 21.7 Å². The molecule has 0 fully saturated rings. The predicted molar refractivity (Wildman–Crippen MR) is 111 cm³/mol. The molecule has 0 heterocycles. The fraction of sp³-hybridized carbons (Fsp3) is 0.286. The van der Waals surface area contributed by atoms with Crippen molar-refractivity contribution in [2.24, 2.45) is 5.73 Å². The number of amides is 3. The molecule has 0 saturated carbocycles. The molecule has 0 atom stereocenters. The Labute approximate surface area is 164 Å². The third-order valence-electron chi connectivity index (χ3n) is 4.07. The second-order valence-electron chi connectivity index (χ2n) is 6.40. The van der Waals surface area contributed by atoms with Crippen molar-refractivity contribution in [1.82, 2.24) is 0 Å². The number of hydrogen-bond acceptors (Lipinski definition) is 4. The fourth-order valence-corrected chi connectivity index (χ4v) is 2.67. The first-order valence-corrected chi connectivity index (χ1v) is 9.32. The Bertz CT molecular complexity index is 836. The van der Waals surface area contributed by atoms with Crippen LogP contribution in [0.3, 0.4) is 0 Å². The van der Waals surface area contributed by atoms with E-state index < -0.39 is 5.91 Å². The Kier molecular flexibility index (Phi) is 8.02. The van der Waals surface area contributed by atoms with E-state index >= 15 is 0 Å². The summed E-state index contributed by atoms with van der Waals surface area (Å²) in [7, 11) is 0. The molecular weight excluding hydrogens is 356 g/mol. The minimum Gasteiger partial charge on any atom is -0.376 e. The minimum absolute atomic E-state index is 0.0299. The van der Waals surface area contributed by atoms with Crippen LogP contribution in [0.2, 0.25) is 0 Å². The fourth-order valence-electron chi connectivity index (χ4n) is 2.67. The number of unbranched alkanes of at least 4 members (excludes halogenated alkanes) is 2. The first-order chi connectivity index (χ1) is 13.5. The van der Waals surface area contributed by atoms with Crippen molar-refractivity contribution < 1.29 is 14.4 Å². The second kappa shape index (κ2) is 10.7. The summed E-state index contributed by atoms with van der Waals surface area (Å²) in [5, 5.41) is 8.50. The van der Waals surface area contributed by atoms with Gasteiger partial charge in [-0.05, 0) is 36.8 Å². The van der Waals surface area contributed by atoms with Crippen molar-refractivity contribution in [2.45, 2.75) is 32.6 Å². The van der Waals surface area contributed by atoms with Gasteiger partial charge < -0.3 is 21.7 Å². The lowest BCUT2D eigenvalue weighted by molar-refractivity contribution is -0.116. The summed E-state index contributed by atoms with van der Waals surface area (Å²) in [6, 6.07) is 13.7. The average Bonchev–Trinajstić information content (AvgIpc) is 2.67. The van der Waals surface area contributed by atoms with E-state index in [1.165, 1.54) is 0 Å². The van der Waals surface area contributed by atoms with Gasteiger partial charge in [0.05, 0.1) is 12.1 Å². The van der Waals surface area contributed by atoms with Gasteiger partial charge in [-0.2, -0.15) is 0 Å². The molecule has 28 heavy (non-hydrogen) atoms. The largest absolute Gasteiger partial charge is 0.376 e. The highest BCUT2D eigenvalue weighted by Crippen LogP contribution is 2.17. The van der Waals surface area contributed by atoms with Crippen LogP contribution in [0.5, 0.6) is 0 Å². The van der Waals surface area contributed by atoms with Crippen LogP contribution in [-0.2, 0) is 9.59 Å². The van der Waals surface area contributed by atoms with Crippen LogP contribution in [0.15, 0.2) is 48.5 Å². The number of carbonyl (C=O) groups excluding carboxylic acids is 3. The van der Waals surface area contributed by atoms with Gasteiger partial charge in [0.1, 0.15) is 0 Å². The summed E-state index contributed by atoms with van der Waals surface area (Å²) < 4.78 is 0. The third-order valence-corrected chi connectivity index (χ3v) is 4.07.